The number of nitrogens with zero attached hydrogens (tertiary/aromatic N) is 2. The van der Waals surface area contributed by atoms with Crippen molar-refractivity contribution in [2.24, 2.45) is 4.99 Å². The van der Waals surface area contributed by atoms with Crippen molar-refractivity contribution < 1.29 is 9.18 Å². The Morgan fingerprint density at radius 3 is 2.64 bits per heavy atom. The lowest BCUT2D eigenvalue weighted by Crippen LogP contribution is -2.19. The molecule has 1 aliphatic heterocycles. The molecule has 0 aliphatic carbocycles. The summed E-state index contributed by atoms with van der Waals surface area (Å²) in [6, 6.07) is 19.2. The van der Waals surface area contributed by atoms with E-state index in [1.807, 2.05) is 48.7 Å². The Bertz CT molecular complexity index is 1440. The second-order valence-electron chi connectivity index (χ2n) is 7.42. The largest absolute Gasteiger partial charge is 0.342 e. The van der Waals surface area contributed by atoms with E-state index < -0.39 is 0 Å². The molecule has 0 unspecified atom stereocenters. The molecule has 1 fully saturated rings. The third kappa shape index (κ3) is 4.69. The van der Waals surface area contributed by atoms with Crippen LogP contribution in [0.2, 0.25) is 10.0 Å². The van der Waals surface area contributed by atoms with Gasteiger partial charge in [0, 0.05) is 39.3 Å². The van der Waals surface area contributed by atoms with E-state index in [-0.39, 0.29) is 11.7 Å². The van der Waals surface area contributed by atoms with Crippen molar-refractivity contribution in [3.05, 3.63) is 105 Å². The van der Waals surface area contributed by atoms with Crippen LogP contribution in [0.3, 0.4) is 0 Å². The number of halogens is 3. The lowest BCUT2D eigenvalue weighted by molar-refractivity contribution is -0.115. The second-order valence-corrected chi connectivity index (χ2v) is 9.30. The van der Waals surface area contributed by atoms with E-state index in [0.29, 0.717) is 32.4 Å². The van der Waals surface area contributed by atoms with Crippen LogP contribution < -0.4 is 5.32 Å². The summed E-state index contributed by atoms with van der Waals surface area (Å²) in [5.41, 5.74) is 3.45. The highest BCUT2D eigenvalue weighted by molar-refractivity contribution is 8.18. The number of amidine groups is 1. The van der Waals surface area contributed by atoms with Gasteiger partial charge in [0.05, 0.1) is 10.6 Å². The summed E-state index contributed by atoms with van der Waals surface area (Å²) in [4.78, 5) is 17.5. The molecule has 3 aromatic carbocycles. The van der Waals surface area contributed by atoms with Crippen LogP contribution in [0.25, 0.3) is 17.0 Å². The molecule has 1 saturated heterocycles. The number of aliphatic imine (C=N–C) groups is 1. The summed E-state index contributed by atoms with van der Waals surface area (Å²) in [5, 5.41) is 5.44. The minimum Gasteiger partial charge on any atom is -0.342 e. The van der Waals surface area contributed by atoms with E-state index >= 15 is 0 Å². The quantitative estimate of drug-likeness (QED) is 0.309. The lowest BCUT2D eigenvalue weighted by atomic mass is 10.1. The van der Waals surface area contributed by atoms with Crippen molar-refractivity contribution in [1.29, 1.82) is 0 Å². The van der Waals surface area contributed by atoms with Gasteiger partial charge in [-0.1, -0.05) is 47.5 Å². The molecule has 4 aromatic rings. The van der Waals surface area contributed by atoms with Gasteiger partial charge in [-0.15, -0.1) is 0 Å². The first-order valence-electron chi connectivity index (χ1n) is 10.0. The fourth-order valence-electron chi connectivity index (χ4n) is 3.61. The van der Waals surface area contributed by atoms with Gasteiger partial charge >= 0.3 is 0 Å². The van der Waals surface area contributed by atoms with Crippen molar-refractivity contribution in [2.75, 3.05) is 0 Å². The highest BCUT2D eigenvalue weighted by atomic mass is 35.5. The highest BCUT2D eigenvalue weighted by Crippen LogP contribution is 2.32. The summed E-state index contributed by atoms with van der Waals surface area (Å²) in [6.45, 7) is 0.566. The molecule has 0 atom stereocenters. The molecular formula is C25H16Cl2FN3OS. The average Bonchev–Trinajstić information content (AvgIpc) is 3.32. The molecular weight excluding hydrogens is 480 g/mol. The number of carbonyl (C=O) groups is 1. The van der Waals surface area contributed by atoms with Crippen LogP contribution >= 0.6 is 35.0 Å². The Labute approximate surface area is 203 Å². The number of amides is 1. The van der Waals surface area contributed by atoms with Crippen LogP contribution in [0.4, 0.5) is 10.1 Å². The summed E-state index contributed by atoms with van der Waals surface area (Å²) >= 11 is 13.7. The van der Waals surface area contributed by atoms with Gasteiger partial charge in [0.15, 0.2) is 5.17 Å². The molecule has 1 amide bonds. The average molecular weight is 496 g/mol. The van der Waals surface area contributed by atoms with Crippen LogP contribution in [-0.2, 0) is 11.3 Å². The fourth-order valence-corrected chi connectivity index (χ4v) is 4.91. The van der Waals surface area contributed by atoms with Gasteiger partial charge in [0.1, 0.15) is 5.82 Å². The molecule has 0 bridgehead atoms. The molecule has 4 nitrogen and oxygen atoms in total. The Balaban J connectivity index is 1.47. The predicted molar refractivity (Wildman–Crippen MR) is 135 cm³/mol. The van der Waals surface area contributed by atoms with E-state index in [4.69, 9.17) is 23.2 Å². The number of aromatic nitrogens is 1. The number of hydrogen-bond acceptors (Lipinski definition) is 3. The minimum absolute atomic E-state index is 0.224. The molecule has 8 heteroatoms. The minimum atomic E-state index is -0.334. The topological polar surface area (TPSA) is 46.4 Å². The number of thioether (sulfide) groups is 1. The standard InChI is InChI=1S/C25H16Cl2FN3OS/c26-17-6-5-15(21(27)12-17)13-31-14-16(20-3-1-2-4-22(20)31)11-23-24(32)30-25(33-23)29-19-9-7-18(28)8-10-19/h1-12,14H,13H2,(H,29,30,32)/b23-11-. The van der Waals surface area contributed by atoms with Crippen LogP contribution in [0.15, 0.2) is 82.8 Å². The molecule has 1 aromatic heterocycles. The van der Waals surface area contributed by atoms with Gasteiger partial charge in [-0.05, 0) is 65.9 Å². The van der Waals surface area contributed by atoms with Crippen LogP contribution in [-0.4, -0.2) is 15.6 Å². The Hall–Kier alpha value is -3.06. The van der Waals surface area contributed by atoms with Gasteiger partial charge in [0.25, 0.3) is 5.91 Å². The van der Waals surface area contributed by atoms with Gasteiger partial charge in [-0.25, -0.2) is 9.38 Å². The normalized spacial score (nSPS) is 16.2. The first kappa shape index (κ1) is 21.8. The molecule has 0 saturated carbocycles. The van der Waals surface area contributed by atoms with Crippen LogP contribution in [0, 0.1) is 5.82 Å². The maximum absolute atomic E-state index is 13.1. The number of benzene rings is 3. The molecule has 2 heterocycles. The van der Waals surface area contributed by atoms with Crippen molar-refractivity contribution >= 4 is 68.7 Å². The molecule has 1 aliphatic rings. The van der Waals surface area contributed by atoms with Crippen molar-refractivity contribution in [3.8, 4) is 0 Å². The number of fused-ring (bicyclic) bond motifs is 1. The van der Waals surface area contributed by atoms with E-state index in [1.54, 1.807) is 18.2 Å². The molecule has 0 spiro atoms. The fraction of sp³-hybridized carbons (Fsp3) is 0.0400. The summed E-state index contributed by atoms with van der Waals surface area (Å²) < 4.78 is 15.2. The van der Waals surface area contributed by atoms with Crippen molar-refractivity contribution in [1.82, 2.24) is 9.88 Å². The van der Waals surface area contributed by atoms with Gasteiger partial charge in [-0.2, -0.15) is 0 Å². The molecule has 0 radical (unpaired) electrons. The zero-order chi connectivity index (χ0) is 22.9. The summed E-state index contributed by atoms with van der Waals surface area (Å²) in [6.07, 6.45) is 3.86. The molecule has 33 heavy (non-hydrogen) atoms. The number of nitrogens with one attached hydrogen (secondary N) is 1. The number of rotatable bonds is 4. The summed E-state index contributed by atoms with van der Waals surface area (Å²) in [5.74, 6) is -0.558. The zero-order valence-electron chi connectivity index (χ0n) is 17.1. The first-order valence-corrected chi connectivity index (χ1v) is 11.6. The zero-order valence-corrected chi connectivity index (χ0v) is 19.4. The number of carbonyl (C=O) groups excluding carboxylic acids is 1. The van der Waals surface area contributed by atoms with E-state index in [1.165, 1.54) is 23.9 Å². The van der Waals surface area contributed by atoms with E-state index in [9.17, 15) is 9.18 Å². The van der Waals surface area contributed by atoms with Gasteiger partial charge in [0.2, 0.25) is 0 Å². The molecule has 1 N–H and O–H groups in total. The maximum Gasteiger partial charge on any atom is 0.264 e. The van der Waals surface area contributed by atoms with Crippen molar-refractivity contribution in [3.63, 3.8) is 0 Å². The Kier molecular flexibility index (Phi) is 5.98. The SMILES string of the molecule is O=C1NC(=Nc2ccc(F)cc2)S/C1=C\c1cn(Cc2ccc(Cl)cc2Cl)c2ccccc12. The van der Waals surface area contributed by atoms with E-state index in [0.717, 1.165) is 22.0 Å². The van der Waals surface area contributed by atoms with Crippen molar-refractivity contribution in [2.45, 2.75) is 6.54 Å². The maximum atomic E-state index is 13.1. The monoisotopic (exact) mass is 495 g/mol. The van der Waals surface area contributed by atoms with Crippen LogP contribution in [0.1, 0.15) is 11.1 Å². The second kappa shape index (κ2) is 9.06. The Morgan fingerprint density at radius 2 is 1.85 bits per heavy atom. The van der Waals surface area contributed by atoms with Gasteiger partial charge < -0.3 is 9.88 Å². The van der Waals surface area contributed by atoms with Crippen LogP contribution in [0.5, 0.6) is 0 Å². The van der Waals surface area contributed by atoms with Gasteiger partial charge in [-0.3, -0.25) is 4.79 Å². The summed E-state index contributed by atoms with van der Waals surface area (Å²) in [7, 11) is 0. The van der Waals surface area contributed by atoms with E-state index in [2.05, 4.69) is 14.9 Å². The smallest absolute Gasteiger partial charge is 0.264 e. The third-order valence-corrected chi connectivity index (χ3v) is 6.67. The predicted octanol–water partition coefficient (Wildman–Crippen LogP) is 7.03. The first-order chi connectivity index (χ1) is 16.0. The number of hydrogen-bond donors (Lipinski definition) is 1. The molecule has 164 valence electrons. The molecule has 5 rings (SSSR count). The highest BCUT2D eigenvalue weighted by Gasteiger charge is 2.24. The Morgan fingerprint density at radius 1 is 1.06 bits per heavy atom. The lowest BCUT2D eigenvalue weighted by Gasteiger charge is -2.08. The number of para-hydroxylation sites is 1. The third-order valence-electron chi connectivity index (χ3n) is 5.17.